The fraction of sp³-hybridized carbons (Fsp3) is 0.323. The van der Waals surface area contributed by atoms with Crippen molar-refractivity contribution >= 4 is 46.5 Å². The quantitative estimate of drug-likeness (QED) is 0.431. The lowest BCUT2D eigenvalue weighted by Gasteiger charge is -2.29. The van der Waals surface area contributed by atoms with E-state index in [0.29, 0.717) is 12.2 Å². The molecule has 3 aromatic carbocycles. The summed E-state index contributed by atoms with van der Waals surface area (Å²) in [6, 6.07) is 19.7. The lowest BCUT2D eigenvalue weighted by molar-refractivity contribution is -0.122. The van der Waals surface area contributed by atoms with Crippen molar-refractivity contribution in [3.8, 4) is 0 Å². The molecule has 2 fully saturated rings. The molecule has 2 heterocycles. The highest BCUT2D eigenvalue weighted by molar-refractivity contribution is 7.99. The van der Waals surface area contributed by atoms with Gasteiger partial charge in [-0.2, -0.15) is 0 Å². The molecular formula is C31H31N3O3S. The van der Waals surface area contributed by atoms with Gasteiger partial charge in [-0.3, -0.25) is 14.4 Å². The first kappa shape index (κ1) is 24.7. The molecule has 0 bridgehead atoms. The van der Waals surface area contributed by atoms with Gasteiger partial charge in [0, 0.05) is 40.2 Å². The van der Waals surface area contributed by atoms with Crippen molar-refractivity contribution in [2.45, 2.75) is 61.8 Å². The van der Waals surface area contributed by atoms with Gasteiger partial charge in [-0.05, 0) is 80.3 Å². The SMILES string of the molecule is Cc1ccc(N2C[C@@H](C(=O)Nc3ccc4c(c3)Sc3ccccc3C(=O)N4C3CCCC3)CC2=O)cc1C. The number of fused-ring (bicyclic) bond motifs is 2. The standard InChI is InChI=1S/C31H31N3O3S/c1-19-11-13-24(15-20(19)2)33-18-21(16-29(33)35)30(36)32-22-12-14-26-28(17-22)38-27-10-6-5-9-25(27)31(37)34(26)23-7-3-4-8-23/h5-6,9-15,17,21,23H,3-4,7-8,16,18H2,1-2H3,(H,32,36)/t21-/m0/s1. The normalized spacial score (nSPS) is 19.4. The number of hydrogen-bond acceptors (Lipinski definition) is 4. The number of aryl methyl sites for hydroxylation is 2. The van der Waals surface area contributed by atoms with Crippen molar-refractivity contribution in [2.24, 2.45) is 5.92 Å². The number of nitrogens with zero attached hydrogens (tertiary/aromatic N) is 2. The van der Waals surface area contributed by atoms with E-state index in [4.69, 9.17) is 0 Å². The second-order valence-corrected chi connectivity index (χ2v) is 11.6. The van der Waals surface area contributed by atoms with Crippen LogP contribution in [-0.4, -0.2) is 30.3 Å². The van der Waals surface area contributed by atoms with E-state index in [1.807, 2.05) is 79.4 Å². The molecule has 0 spiro atoms. The van der Waals surface area contributed by atoms with Gasteiger partial charge in [0.2, 0.25) is 11.8 Å². The van der Waals surface area contributed by atoms with Crippen LogP contribution in [0.15, 0.2) is 70.5 Å². The third-order valence-corrected chi connectivity index (χ3v) is 9.15. The maximum absolute atomic E-state index is 13.6. The molecule has 1 saturated heterocycles. The molecule has 6 rings (SSSR count). The minimum atomic E-state index is -0.423. The van der Waals surface area contributed by atoms with Crippen LogP contribution >= 0.6 is 11.8 Å². The van der Waals surface area contributed by atoms with Crippen molar-refractivity contribution in [3.63, 3.8) is 0 Å². The summed E-state index contributed by atoms with van der Waals surface area (Å²) >= 11 is 1.57. The molecule has 1 saturated carbocycles. The Hall–Kier alpha value is -3.58. The largest absolute Gasteiger partial charge is 0.326 e. The van der Waals surface area contributed by atoms with E-state index in [-0.39, 0.29) is 30.2 Å². The van der Waals surface area contributed by atoms with Crippen molar-refractivity contribution in [1.82, 2.24) is 0 Å². The first-order chi connectivity index (χ1) is 18.4. The molecule has 3 aliphatic rings. The molecule has 3 aromatic rings. The average Bonchev–Trinajstić information content (AvgIpc) is 3.55. The highest BCUT2D eigenvalue weighted by Gasteiger charge is 2.36. The predicted octanol–water partition coefficient (Wildman–Crippen LogP) is 6.35. The van der Waals surface area contributed by atoms with Crippen molar-refractivity contribution in [1.29, 1.82) is 0 Å². The summed E-state index contributed by atoms with van der Waals surface area (Å²) in [5.41, 5.74) is 5.44. The summed E-state index contributed by atoms with van der Waals surface area (Å²) < 4.78 is 0. The molecule has 7 heteroatoms. The number of carbonyl (C=O) groups excluding carboxylic acids is 3. The third-order valence-electron chi connectivity index (χ3n) is 8.03. The fourth-order valence-corrected chi connectivity index (χ4v) is 6.86. The monoisotopic (exact) mass is 525 g/mol. The second kappa shape index (κ2) is 9.95. The summed E-state index contributed by atoms with van der Waals surface area (Å²) in [6.07, 6.45) is 4.46. The van der Waals surface area contributed by atoms with E-state index in [0.717, 1.165) is 58.0 Å². The van der Waals surface area contributed by atoms with Crippen molar-refractivity contribution < 1.29 is 14.4 Å². The maximum Gasteiger partial charge on any atom is 0.259 e. The Morgan fingerprint density at radius 2 is 1.71 bits per heavy atom. The van der Waals surface area contributed by atoms with Crippen LogP contribution in [-0.2, 0) is 9.59 Å². The predicted molar refractivity (Wildman–Crippen MR) is 151 cm³/mol. The molecule has 6 nitrogen and oxygen atoms in total. The van der Waals surface area contributed by atoms with Gasteiger partial charge in [0.1, 0.15) is 0 Å². The van der Waals surface area contributed by atoms with Gasteiger partial charge >= 0.3 is 0 Å². The Bertz CT molecular complexity index is 1450. The molecule has 38 heavy (non-hydrogen) atoms. The van der Waals surface area contributed by atoms with E-state index >= 15 is 0 Å². The van der Waals surface area contributed by atoms with Gasteiger partial charge in [-0.1, -0.05) is 42.8 Å². The first-order valence-electron chi connectivity index (χ1n) is 13.3. The number of nitrogens with one attached hydrogen (secondary N) is 1. The van der Waals surface area contributed by atoms with Gasteiger partial charge in [0.15, 0.2) is 0 Å². The number of benzene rings is 3. The Morgan fingerprint density at radius 3 is 2.50 bits per heavy atom. The van der Waals surface area contributed by atoms with Gasteiger partial charge in [-0.25, -0.2) is 0 Å². The lowest BCUT2D eigenvalue weighted by Crippen LogP contribution is -2.39. The molecule has 0 aromatic heterocycles. The Morgan fingerprint density at radius 1 is 0.921 bits per heavy atom. The van der Waals surface area contributed by atoms with Crippen LogP contribution in [0.4, 0.5) is 17.1 Å². The third kappa shape index (κ3) is 4.49. The molecular weight excluding hydrogens is 494 g/mol. The number of hydrogen-bond donors (Lipinski definition) is 1. The van der Waals surface area contributed by atoms with Gasteiger partial charge in [-0.15, -0.1) is 0 Å². The number of carbonyl (C=O) groups is 3. The number of rotatable bonds is 4. The second-order valence-electron chi connectivity index (χ2n) is 10.6. The van der Waals surface area contributed by atoms with Gasteiger partial charge in [0.05, 0.1) is 17.2 Å². The molecule has 0 unspecified atom stereocenters. The average molecular weight is 526 g/mol. The minimum absolute atomic E-state index is 0.0341. The molecule has 194 valence electrons. The van der Waals surface area contributed by atoms with Crippen LogP contribution in [0.1, 0.15) is 53.6 Å². The highest BCUT2D eigenvalue weighted by Crippen LogP contribution is 2.45. The van der Waals surface area contributed by atoms with Crippen LogP contribution in [0, 0.1) is 19.8 Å². The van der Waals surface area contributed by atoms with Gasteiger partial charge < -0.3 is 15.1 Å². The molecule has 0 radical (unpaired) electrons. The zero-order chi connectivity index (χ0) is 26.4. The molecule has 1 aliphatic carbocycles. The maximum atomic E-state index is 13.6. The highest BCUT2D eigenvalue weighted by atomic mass is 32.2. The van der Waals surface area contributed by atoms with E-state index in [1.165, 1.54) is 5.56 Å². The minimum Gasteiger partial charge on any atom is -0.326 e. The van der Waals surface area contributed by atoms with Crippen LogP contribution in [0.5, 0.6) is 0 Å². The van der Waals surface area contributed by atoms with Crippen LogP contribution in [0.25, 0.3) is 0 Å². The summed E-state index contributed by atoms with van der Waals surface area (Å²) in [6.45, 7) is 4.44. The van der Waals surface area contributed by atoms with Crippen LogP contribution in [0.3, 0.4) is 0 Å². The van der Waals surface area contributed by atoms with Crippen LogP contribution in [0.2, 0.25) is 0 Å². The number of amides is 3. The fourth-order valence-electron chi connectivity index (χ4n) is 5.76. The zero-order valence-electron chi connectivity index (χ0n) is 21.7. The van der Waals surface area contributed by atoms with E-state index < -0.39 is 5.92 Å². The van der Waals surface area contributed by atoms with Crippen molar-refractivity contribution in [2.75, 3.05) is 21.7 Å². The summed E-state index contributed by atoms with van der Waals surface area (Å²) in [5, 5.41) is 3.05. The Labute approximate surface area is 227 Å². The van der Waals surface area contributed by atoms with Crippen molar-refractivity contribution in [3.05, 3.63) is 77.4 Å². The van der Waals surface area contributed by atoms with E-state index in [2.05, 4.69) is 5.32 Å². The Balaban J connectivity index is 1.24. The van der Waals surface area contributed by atoms with Gasteiger partial charge in [0.25, 0.3) is 5.91 Å². The zero-order valence-corrected chi connectivity index (χ0v) is 22.5. The first-order valence-corrected chi connectivity index (χ1v) is 14.1. The molecule has 1 N–H and O–H groups in total. The van der Waals surface area contributed by atoms with Crippen LogP contribution < -0.4 is 15.1 Å². The summed E-state index contributed by atoms with van der Waals surface area (Å²) in [7, 11) is 0. The molecule has 1 atom stereocenters. The lowest BCUT2D eigenvalue weighted by atomic mass is 10.1. The summed E-state index contributed by atoms with van der Waals surface area (Å²) in [4.78, 5) is 45.3. The Kier molecular flexibility index (Phi) is 6.48. The summed E-state index contributed by atoms with van der Waals surface area (Å²) in [5.74, 6) is -0.570. The number of anilines is 3. The smallest absolute Gasteiger partial charge is 0.259 e. The van der Waals surface area contributed by atoms with E-state index in [9.17, 15) is 14.4 Å². The molecule has 3 amide bonds. The van der Waals surface area contributed by atoms with E-state index in [1.54, 1.807) is 16.7 Å². The topological polar surface area (TPSA) is 69.7 Å². The molecule has 2 aliphatic heterocycles.